The van der Waals surface area contributed by atoms with E-state index in [4.69, 9.17) is 9.15 Å². The van der Waals surface area contributed by atoms with Crippen molar-refractivity contribution in [3.05, 3.63) is 70.4 Å². The van der Waals surface area contributed by atoms with Crippen LogP contribution in [0.1, 0.15) is 12.5 Å². The Kier molecular flexibility index (Phi) is 3.79. The fourth-order valence-corrected chi connectivity index (χ4v) is 2.43. The number of para-hydroxylation sites is 1. The van der Waals surface area contributed by atoms with E-state index < -0.39 is 0 Å². The SMILES string of the molecule is C/C=C/c1c(-c2ccc(OC)cc2)oc2ccccc2c1=O. The molecule has 0 aliphatic rings. The van der Waals surface area contributed by atoms with Gasteiger partial charge in [0.15, 0.2) is 0 Å². The lowest BCUT2D eigenvalue weighted by Gasteiger charge is -2.08. The van der Waals surface area contributed by atoms with Crippen LogP contribution in [0.5, 0.6) is 5.75 Å². The van der Waals surface area contributed by atoms with Crippen LogP contribution in [0, 0.1) is 0 Å². The average Bonchev–Trinajstić information content (AvgIpc) is 2.57. The third kappa shape index (κ3) is 2.42. The molecule has 1 aromatic heterocycles. The van der Waals surface area contributed by atoms with E-state index in [0.717, 1.165) is 11.3 Å². The van der Waals surface area contributed by atoms with Gasteiger partial charge in [-0.1, -0.05) is 24.3 Å². The van der Waals surface area contributed by atoms with Gasteiger partial charge in [0.1, 0.15) is 17.1 Å². The highest BCUT2D eigenvalue weighted by molar-refractivity contribution is 5.83. The summed E-state index contributed by atoms with van der Waals surface area (Å²) in [6.45, 7) is 1.88. The predicted molar refractivity (Wildman–Crippen MR) is 89.2 cm³/mol. The van der Waals surface area contributed by atoms with E-state index in [0.29, 0.717) is 22.3 Å². The minimum Gasteiger partial charge on any atom is -0.497 e. The maximum Gasteiger partial charge on any atom is 0.200 e. The number of rotatable bonds is 3. The second-order valence-corrected chi connectivity index (χ2v) is 4.90. The van der Waals surface area contributed by atoms with Crippen molar-refractivity contribution < 1.29 is 9.15 Å². The van der Waals surface area contributed by atoms with Crippen LogP contribution in [0.15, 0.2) is 63.8 Å². The average molecular weight is 292 g/mol. The molecule has 0 spiro atoms. The molecule has 0 N–H and O–H groups in total. The van der Waals surface area contributed by atoms with Gasteiger partial charge in [-0.3, -0.25) is 4.79 Å². The van der Waals surface area contributed by atoms with Crippen molar-refractivity contribution in [2.24, 2.45) is 0 Å². The van der Waals surface area contributed by atoms with Crippen molar-refractivity contribution in [1.29, 1.82) is 0 Å². The van der Waals surface area contributed by atoms with Gasteiger partial charge in [0.25, 0.3) is 0 Å². The molecule has 0 saturated carbocycles. The first-order valence-corrected chi connectivity index (χ1v) is 7.07. The van der Waals surface area contributed by atoms with Gasteiger partial charge in [0.2, 0.25) is 5.43 Å². The van der Waals surface area contributed by atoms with Gasteiger partial charge in [-0.25, -0.2) is 0 Å². The van der Waals surface area contributed by atoms with Gasteiger partial charge in [0.05, 0.1) is 18.1 Å². The van der Waals surface area contributed by atoms with E-state index in [9.17, 15) is 4.79 Å². The van der Waals surface area contributed by atoms with Crippen molar-refractivity contribution in [2.75, 3.05) is 7.11 Å². The summed E-state index contributed by atoms with van der Waals surface area (Å²) in [5, 5.41) is 0.591. The fraction of sp³-hybridized carbons (Fsp3) is 0.105. The molecule has 3 heteroatoms. The Morgan fingerprint density at radius 1 is 1.05 bits per heavy atom. The highest BCUT2D eigenvalue weighted by atomic mass is 16.5. The number of hydrogen-bond acceptors (Lipinski definition) is 3. The molecule has 0 atom stereocenters. The fourth-order valence-electron chi connectivity index (χ4n) is 2.43. The van der Waals surface area contributed by atoms with Gasteiger partial charge >= 0.3 is 0 Å². The van der Waals surface area contributed by atoms with E-state index in [1.54, 1.807) is 19.3 Å². The Balaban J connectivity index is 2.31. The van der Waals surface area contributed by atoms with Crippen LogP contribution >= 0.6 is 0 Å². The normalized spacial score (nSPS) is 11.2. The Morgan fingerprint density at radius 3 is 2.45 bits per heavy atom. The van der Waals surface area contributed by atoms with Crippen molar-refractivity contribution in [1.82, 2.24) is 0 Å². The molecule has 0 aliphatic heterocycles. The van der Waals surface area contributed by atoms with Gasteiger partial charge in [-0.15, -0.1) is 0 Å². The summed E-state index contributed by atoms with van der Waals surface area (Å²) in [6, 6.07) is 14.8. The van der Waals surface area contributed by atoms with Gasteiger partial charge in [-0.05, 0) is 43.3 Å². The molecule has 110 valence electrons. The Bertz CT molecular complexity index is 887. The molecule has 3 rings (SSSR count). The number of ether oxygens (including phenoxy) is 1. The first-order chi connectivity index (χ1) is 10.7. The molecule has 22 heavy (non-hydrogen) atoms. The van der Waals surface area contributed by atoms with Gasteiger partial charge in [0, 0.05) is 5.56 Å². The van der Waals surface area contributed by atoms with Crippen LogP contribution in [-0.2, 0) is 0 Å². The Labute approximate surface area is 128 Å². The van der Waals surface area contributed by atoms with Crippen molar-refractivity contribution in [3.63, 3.8) is 0 Å². The maximum atomic E-state index is 12.7. The number of benzene rings is 2. The quantitative estimate of drug-likeness (QED) is 0.713. The number of fused-ring (bicyclic) bond motifs is 1. The molecule has 0 amide bonds. The summed E-state index contributed by atoms with van der Waals surface area (Å²) in [7, 11) is 1.62. The minimum absolute atomic E-state index is 0.0224. The van der Waals surface area contributed by atoms with E-state index in [2.05, 4.69) is 0 Å². The zero-order valence-electron chi connectivity index (χ0n) is 12.5. The molecule has 0 radical (unpaired) electrons. The standard InChI is InChI=1S/C19H16O3/c1-3-6-16-18(20)15-7-4-5-8-17(15)22-19(16)13-9-11-14(21-2)12-10-13/h3-12H,1-2H3/b6-3+. The lowest BCUT2D eigenvalue weighted by atomic mass is 10.0. The lowest BCUT2D eigenvalue weighted by molar-refractivity contribution is 0.415. The number of allylic oxidation sites excluding steroid dienone is 1. The topological polar surface area (TPSA) is 39.4 Å². The zero-order valence-corrected chi connectivity index (χ0v) is 12.5. The van der Waals surface area contributed by atoms with E-state index >= 15 is 0 Å². The number of hydrogen-bond donors (Lipinski definition) is 0. The summed E-state index contributed by atoms with van der Waals surface area (Å²) in [5.74, 6) is 1.34. The molecular formula is C19H16O3. The minimum atomic E-state index is -0.0224. The first kappa shape index (κ1) is 14.1. The van der Waals surface area contributed by atoms with Crippen molar-refractivity contribution >= 4 is 17.0 Å². The molecule has 0 unspecified atom stereocenters. The van der Waals surface area contributed by atoms with E-state index in [1.807, 2.05) is 55.5 Å². The Morgan fingerprint density at radius 2 is 1.77 bits per heavy atom. The number of methoxy groups -OCH3 is 1. The largest absolute Gasteiger partial charge is 0.497 e. The second-order valence-electron chi connectivity index (χ2n) is 4.90. The summed E-state index contributed by atoms with van der Waals surface area (Å²) in [4.78, 5) is 12.7. The summed E-state index contributed by atoms with van der Waals surface area (Å²) < 4.78 is 11.2. The molecule has 0 fully saturated rings. The van der Waals surface area contributed by atoms with E-state index in [-0.39, 0.29) is 5.43 Å². The van der Waals surface area contributed by atoms with Gasteiger partial charge < -0.3 is 9.15 Å². The van der Waals surface area contributed by atoms with Crippen molar-refractivity contribution in [3.8, 4) is 17.1 Å². The molecule has 1 heterocycles. The zero-order chi connectivity index (χ0) is 15.5. The molecule has 0 bridgehead atoms. The second kappa shape index (κ2) is 5.90. The first-order valence-electron chi connectivity index (χ1n) is 7.07. The molecule has 0 saturated heterocycles. The highest BCUT2D eigenvalue weighted by Crippen LogP contribution is 2.28. The predicted octanol–water partition coefficient (Wildman–Crippen LogP) is 4.50. The van der Waals surface area contributed by atoms with Crippen LogP contribution in [0.25, 0.3) is 28.4 Å². The molecule has 3 nitrogen and oxygen atoms in total. The summed E-state index contributed by atoms with van der Waals surface area (Å²) >= 11 is 0. The maximum absolute atomic E-state index is 12.7. The van der Waals surface area contributed by atoms with E-state index in [1.165, 1.54) is 0 Å². The van der Waals surface area contributed by atoms with Crippen LogP contribution in [0.3, 0.4) is 0 Å². The smallest absolute Gasteiger partial charge is 0.200 e. The third-order valence-electron chi connectivity index (χ3n) is 3.52. The van der Waals surface area contributed by atoms with Crippen LogP contribution in [0.2, 0.25) is 0 Å². The summed E-state index contributed by atoms with van der Waals surface area (Å²) in [5.41, 5.74) is 1.97. The monoisotopic (exact) mass is 292 g/mol. The van der Waals surface area contributed by atoms with Crippen LogP contribution in [-0.4, -0.2) is 7.11 Å². The third-order valence-corrected chi connectivity index (χ3v) is 3.52. The van der Waals surface area contributed by atoms with Crippen LogP contribution < -0.4 is 10.2 Å². The Hall–Kier alpha value is -2.81. The molecule has 0 aliphatic carbocycles. The molecule has 2 aromatic carbocycles. The van der Waals surface area contributed by atoms with Crippen molar-refractivity contribution in [2.45, 2.75) is 6.92 Å². The highest BCUT2D eigenvalue weighted by Gasteiger charge is 2.13. The molecule has 3 aromatic rings. The lowest BCUT2D eigenvalue weighted by Crippen LogP contribution is -2.07. The van der Waals surface area contributed by atoms with Crippen LogP contribution in [0.4, 0.5) is 0 Å². The van der Waals surface area contributed by atoms with Gasteiger partial charge in [-0.2, -0.15) is 0 Å². The molecular weight excluding hydrogens is 276 g/mol. The summed E-state index contributed by atoms with van der Waals surface area (Å²) in [6.07, 6.45) is 3.63.